The zero-order valence-electron chi connectivity index (χ0n) is 11.7. The second-order valence-electron chi connectivity index (χ2n) is 5.20. The van der Waals surface area contributed by atoms with Crippen molar-refractivity contribution in [1.29, 1.82) is 0 Å². The van der Waals surface area contributed by atoms with Crippen LogP contribution in [0, 0.1) is 12.7 Å². The topological polar surface area (TPSA) is 38.3 Å². The number of carbonyl (C=O) groups is 1. The number of hydrogen-bond acceptors (Lipinski definition) is 2. The first-order chi connectivity index (χ1) is 10.1. The van der Waals surface area contributed by atoms with Gasteiger partial charge in [0.1, 0.15) is 17.7 Å². The van der Waals surface area contributed by atoms with Gasteiger partial charge in [-0.3, -0.25) is 4.79 Å². The predicted octanol–water partition coefficient (Wildman–Crippen LogP) is 2.87. The third kappa shape index (κ3) is 2.75. The number of halogens is 1. The van der Waals surface area contributed by atoms with Crippen molar-refractivity contribution < 1.29 is 13.9 Å². The highest BCUT2D eigenvalue weighted by atomic mass is 19.1. The van der Waals surface area contributed by atoms with E-state index in [2.05, 4.69) is 5.32 Å². The first-order valence-corrected chi connectivity index (χ1v) is 6.93. The van der Waals surface area contributed by atoms with Crippen LogP contribution in [0.2, 0.25) is 0 Å². The number of aryl methyl sites for hydroxylation is 1. The molecule has 21 heavy (non-hydrogen) atoms. The molecule has 2 aromatic rings. The SMILES string of the molecule is Cc1cccc(C(=O)NCC2Cc3ccccc3O2)c1F. The number of carbonyl (C=O) groups excluding carboxylic acids is 1. The molecule has 1 N–H and O–H groups in total. The second-order valence-corrected chi connectivity index (χ2v) is 5.20. The summed E-state index contributed by atoms with van der Waals surface area (Å²) in [5, 5.41) is 2.74. The molecule has 3 nitrogen and oxygen atoms in total. The van der Waals surface area contributed by atoms with Gasteiger partial charge in [-0.15, -0.1) is 0 Å². The van der Waals surface area contributed by atoms with Crippen molar-refractivity contribution in [3.05, 3.63) is 65.0 Å². The Morgan fingerprint density at radius 3 is 2.90 bits per heavy atom. The van der Waals surface area contributed by atoms with Crippen LogP contribution >= 0.6 is 0 Å². The Morgan fingerprint density at radius 2 is 2.10 bits per heavy atom. The van der Waals surface area contributed by atoms with Crippen LogP contribution < -0.4 is 10.1 Å². The fraction of sp³-hybridized carbons (Fsp3) is 0.235. The van der Waals surface area contributed by atoms with Gasteiger partial charge < -0.3 is 10.1 Å². The third-order valence-electron chi connectivity index (χ3n) is 3.64. The lowest BCUT2D eigenvalue weighted by Gasteiger charge is -2.12. The summed E-state index contributed by atoms with van der Waals surface area (Å²) in [4.78, 5) is 12.0. The highest BCUT2D eigenvalue weighted by molar-refractivity contribution is 5.94. The maximum absolute atomic E-state index is 13.9. The fourth-order valence-electron chi connectivity index (χ4n) is 2.49. The van der Waals surface area contributed by atoms with Gasteiger partial charge in [0.05, 0.1) is 12.1 Å². The summed E-state index contributed by atoms with van der Waals surface area (Å²) in [6.07, 6.45) is 0.659. The van der Waals surface area contributed by atoms with Gasteiger partial charge in [-0.2, -0.15) is 0 Å². The average Bonchev–Trinajstić information content (AvgIpc) is 2.90. The van der Waals surface area contributed by atoms with Gasteiger partial charge in [0, 0.05) is 6.42 Å². The van der Waals surface area contributed by atoms with Gasteiger partial charge in [-0.25, -0.2) is 4.39 Å². The summed E-state index contributed by atoms with van der Waals surface area (Å²) >= 11 is 0. The number of rotatable bonds is 3. The number of nitrogens with one attached hydrogen (secondary N) is 1. The van der Waals surface area contributed by atoms with Crippen LogP contribution in [0.1, 0.15) is 21.5 Å². The molecular weight excluding hydrogens is 269 g/mol. The molecule has 1 heterocycles. The van der Waals surface area contributed by atoms with Crippen LogP contribution in [-0.4, -0.2) is 18.6 Å². The zero-order valence-corrected chi connectivity index (χ0v) is 11.7. The normalized spacial score (nSPS) is 16.2. The highest BCUT2D eigenvalue weighted by Gasteiger charge is 2.23. The van der Waals surface area contributed by atoms with Gasteiger partial charge in [0.25, 0.3) is 5.91 Å². The second kappa shape index (κ2) is 5.56. The molecule has 1 amide bonds. The predicted molar refractivity (Wildman–Crippen MR) is 78.0 cm³/mol. The minimum Gasteiger partial charge on any atom is -0.488 e. The molecule has 4 heteroatoms. The molecular formula is C17H16FNO2. The van der Waals surface area contributed by atoms with E-state index in [9.17, 15) is 9.18 Å². The number of amides is 1. The lowest BCUT2D eigenvalue weighted by Crippen LogP contribution is -2.34. The maximum atomic E-state index is 13.9. The number of hydrogen-bond donors (Lipinski definition) is 1. The van der Waals surface area contributed by atoms with Gasteiger partial charge >= 0.3 is 0 Å². The lowest BCUT2D eigenvalue weighted by molar-refractivity contribution is 0.0929. The van der Waals surface area contributed by atoms with Crippen LogP contribution in [0.3, 0.4) is 0 Å². The standard InChI is InChI=1S/C17H16FNO2/c1-11-5-4-7-14(16(11)18)17(20)19-10-13-9-12-6-2-3-8-15(12)21-13/h2-8,13H,9-10H2,1H3,(H,19,20). The van der Waals surface area contributed by atoms with Crippen molar-refractivity contribution in [3.63, 3.8) is 0 Å². The van der Waals surface area contributed by atoms with Crippen molar-refractivity contribution in [3.8, 4) is 5.75 Å². The van der Waals surface area contributed by atoms with Crippen LogP contribution in [0.25, 0.3) is 0 Å². The Labute approximate surface area is 122 Å². The van der Waals surface area contributed by atoms with Crippen molar-refractivity contribution in [1.82, 2.24) is 5.32 Å². The molecule has 0 saturated heterocycles. The Hall–Kier alpha value is -2.36. The summed E-state index contributed by atoms with van der Waals surface area (Å²) in [7, 11) is 0. The van der Waals surface area contributed by atoms with Gasteiger partial charge in [-0.1, -0.05) is 30.3 Å². The van der Waals surface area contributed by atoms with E-state index in [1.165, 1.54) is 6.07 Å². The van der Waals surface area contributed by atoms with Crippen LogP contribution in [-0.2, 0) is 6.42 Å². The van der Waals surface area contributed by atoms with Crippen LogP contribution in [0.5, 0.6) is 5.75 Å². The molecule has 0 aromatic heterocycles. The zero-order chi connectivity index (χ0) is 14.8. The molecule has 0 saturated carbocycles. The summed E-state index contributed by atoms with van der Waals surface area (Å²) < 4.78 is 19.6. The van der Waals surface area contributed by atoms with Crippen molar-refractivity contribution >= 4 is 5.91 Å². The van der Waals surface area contributed by atoms with Crippen LogP contribution in [0.4, 0.5) is 4.39 Å². The number of benzene rings is 2. The first kappa shape index (κ1) is 13.6. The van der Waals surface area contributed by atoms with Gasteiger partial charge in [0.15, 0.2) is 0 Å². The van der Waals surface area contributed by atoms with E-state index in [0.717, 1.165) is 17.7 Å². The quantitative estimate of drug-likeness (QED) is 0.941. The first-order valence-electron chi connectivity index (χ1n) is 6.93. The van der Waals surface area contributed by atoms with E-state index in [-0.39, 0.29) is 11.7 Å². The average molecular weight is 285 g/mol. The number of ether oxygens (including phenoxy) is 1. The number of fused-ring (bicyclic) bond motifs is 1. The van der Waals surface area contributed by atoms with Gasteiger partial charge in [0.2, 0.25) is 0 Å². The molecule has 0 bridgehead atoms. The van der Waals surface area contributed by atoms with Gasteiger partial charge in [-0.05, 0) is 30.2 Å². The summed E-state index contributed by atoms with van der Waals surface area (Å²) in [5.74, 6) is -0.0140. The molecule has 0 spiro atoms. The molecule has 0 radical (unpaired) electrons. The highest BCUT2D eigenvalue weighted by Crippen LogP contribution is 2.27. The fourth-order valence-corrected chi connectivity index (χ4v) is 2.49. The van der Waals surface area contributed by atoms with Crippen molar-refractivity contribution in [2.24, 2.45) is 0 Å². The Balaban J connectivity index is 1.62. The minimum atomic E-state index is -0.467. The molecule has 108 valence electrons. The molecule has 2 aromatic carbocycles. The Bertz CT molecular complexity index is 659. The molecule has 1 unspecified atom stereocenters. The maximum Gasteiger partial charge on any atom is 0.254 e. The van der Waals surface area contributed by atoms with E-state index < -0.39 is 11.7 Å². The summed E-state index contributed by atoms with van der Waals surface area (Å²) in [6, 6.07) is 12.6. The largest absolute Gasteiger partial charge is 0.488 e. The van der Waals surface area contributed by atoms with E-state index in [1.54, 1.807) is 19.1 Å². The Kier molecular flexibility index (Phi) is 3.60. The molecule has 1 aliphatic heterocycles. The van der Waals surface area contributed by atoms with E-state index >= 15 is 0 Å². The molecule has 0 fully saturated rings. The van der Waals surface area contributed by atoms with E-state index in [1.807, 2.05) is 24.3 Å². The summed E-state index contributed by atoms with van der Waals surface area (Å²) in [5.41, 5.74) is 1.68. The molecule has 1 aliphatic rings. The van der Waals surface area contributed by atoms with Crippen LogP contribution in [0.15, 0.2) is 42.5 Å². The van der Waals surface area contributed by atoms with E-state index in [4.69, 9.17) is 4.74 Å². The Morgan fingerprint density at radius 1 is 1.29 bits per heavy atom. The third-order valence-corrected chi connectivity index (χ3v) is 3.64. The number of para-hydroxylation sites is 1. The van der Waals surface area contributed by atoms with E-state index in [0.29, 0.717) is 12.1 Å². The molecule has 0 aliphatic carbocycles. The smallest absolute Gasteiger partial charge is 0.254 e. The molecule has 1 atom stereocenters. The summed E-state index contributed by atoms with van der Waals surface area (Å²) in [6.45, 7) is 2.00. The van der Waals surface area contributed by atoms with Crippen molar-refractivity contribution in [2.75, 3.05) is 6.54 Å². The molecule has 3 rings (SSSR count). The monoisotopic (exact) mass is 285 g/mol. The minimum absolute atomic E-state index is 0.0745. The van der Waals surface area contributed by atoms with Crippen molar-refractivity contribution in [2.45, 2.75) is 19.4 Å². The lowest BCUT2D eigenvalue weighted by atomic mass is 10.1.